The van der Waals surface area contributed by atoms with Gasteiger partial charge in [0.25, 0.3) is 0 Å². The Morgan fingerprint density at radius 2 is 2.07 bits per heavy atom. The zero-order valence-electron chi connectivity index (χ0n) is 7.95. The van der Waals surface area contributed by atoms with E-state index in [0.29, 0.717) is 5.56 Å². The van der Waals surface area contributed by atoms with Gasteiger partial charge in [0.1, 0.15) is 16.8 Å². The Labute approximate surface area is 84.3 Å². The van der Waals surface area contributed by atoms with Crippen molar-refractivity contribution in [1.29, 1.82) is 0 Å². The molecule has 0 saturated carbocycles. The van der Waals surface area contributed by atoms with Crippen molar-refractivity contribution in [3.8, 4) is 0 Å². The summed E-state index contributed by atoms with van der Waals surface area (Å²) in [6.45, 7) is 3.12. The van der Waals surface area contributed by atoms with Crippen LogP contribution in [0.4, 0.5) is 4.39 Å². The summed E-state index contributed by atoms with van der Waals surface area (Å²) in [4.78, 5) is -0.0929. The van der Waals surface area contributed by atoms with Gasteiger partial charge in [-0.2, -0.15) is 0 Å². The topological polar surface area (TPSA) is 63.3 Å². The Balaban J connectivity index is 3.27. The number of halogens is 1. The molecule has 3 N–H and O–H groups in total. The molecule has 0 radical (unpaired) electrons. The molecule has 0 spiro atoms. The molecule has 14 heavy (non-hydrogen) atoms. The lowest BCUT2D eigenvalue weighted by molar-refractivity contribution is 0.0782. The van der Waals surface area contributed by atoms with Gasteiger partial charge in [-0.1, -0.05) is 6.07 Å². The summed E-state index contributed by atoms with van der Waals surface area (Å²) in [6, 6.07) is 3.89. The summed E-state index contributed by atoms with van der Waals surface area (Å²) in [5.41, 5.74) is -0.616. The fourth-order valence-corrected chi connectivity index (χ4v) is 1.54. The maximum Gasteiger partial charge on any atom is 0.140 e. The molecule has 0 fully saturated rings. The SMILES string of the molecule is CC(C)(O)c1ccc(F)c(S(N)=O)c1. The fourth-order valence-electron chi connectivity index (χ4n) is 1.04. The second kappa shape index (κ2) is 3.76. The highest BCUT2D eigenvalue weighted by Gasteiger charge is 2.18. The summed E-state index contributed by atoms with van der Waals surface area (Å²) in [6.07, 6.45) is 0. The van der Waals surface area contributed by atoms with E-state index in [2.05, 4.69) is 0 Å². The first-order chi connectivity index (χ1) is 6.32. The molecule has 0 aliphatic rings. The largest absolute Gasteiger partial charge is 0.386 e. The number of aliphatic hydroxyl groups is 1. The van der Waals surface area contributed by atoms with Crippen LogP contribution >= 0.6 is 0 Å². The van der Waals surface area contributed by atoms with Crippen LogP contribution in [0.15, 0.2) is 23.1 Å². The average molecular weight is 217 g/mol. The highest BCUT2D eigenvalue weighted by atomic mass is 32.2. The summed E-state index contributed by atoms with van der Waals surface area (Å²) < 4.78 is 24.0. The lowest BCUT2D eigenvalue weighted by Crippen LogP contribution is -2.17. The molecular formula is C9H12FNO2S. The Kier molecular flexibility index (Phi) is 3.04. The third-order valence-corrected chi connectivity index (χ3v) is 2.60. The van der Waals surface area contributed by atoms with E-state index >= 15 is 0 Å². The first kappa shape index (κ1) is 11.3. The number of benzene rings is 1. The van der Waals surface area contributed by atoms with E-state index in [0.717, 1.165) is 6.07 Å². The zero-order chi connectivity index (χ0) is 10.9. The smallest absolute Gasteiger partial charge is 0.140 e. The fraction of sp³-hybridized carbons (Fsp3) is 0.333. The normalized spacial score (nSPS) is 14.1. The Morgan fingerprint density at radius 1 is 1.50 bits per heavy atom. The second-order valence-electron chi connectivity index (χ2n) is 3.50. The van der Waals surface area contributed by atoms with Crippen molar-refractivity contribution in [1.82, 2.24) is 0 Å². The lowest BCUT2D eigenvalue weighted by Gasteiger charge is -2.18. The van der Waals surface area contributed by atoms with E-state index in [-0.39, 0.29) is 4.90 Å². The molecule has 0 aliphatic carbocycles. The van der Waals surface area contributed by atoms with E-state index in [1.807, 2.05) is 0 Å². The standard InChI is InChI=1S/C9H12FNO2S/c1-9(2,12)6-3-4-7(10)8(5-6)14(11)13/h3-5,12H,11H2,1-2H3. The lowest BCUT2D eigenvalue weighted by atomic mass is 9.99. The van der Waals surface area contributed by atoms with Gasteiger partial charge in [0.2, 0.25) is 0 Å². The molecule has 0 amide bonds. The van der Waals surface area contributed by atoms with Crippen LogP contribution in [-0.4, -0.2) is 9.32 Å². The summed E-state index contributed by atoms with van der Waals surface area (Å²) in [5.74, 6) is -0.626. The van der Waals surface area contributed by atoms with Crippen molar-refractivity contribution < 1.29 is 13.7 Å². The molecule has 1 aromatic carbocycles. The summed E-state index contributed by atoms with van der Waals surface area (Å²) in [5, 5.41) is 14.7. The number of rotatable bonds is 2. The molecule has 0 saturated heterocycles. The van der Waals surface area contributed by atoms with Crippen LogP contribution in [0, 0.1) is 5.82 Å². The van der Waals surface area contributed by atoms with Crippen LogP contribution in [0.3, 0.4) is 0 Å². The third-order valence-electron chi connectivity index (χ3n) is 1.85. The van der Waals surface area contributed by atoms with Gasteiger partial charge in [0, 0.05) is 0 Å². The van der Waals surface area contributed by atoms with Gasteiger partial charge in [0.15, 0.2) is 0 Å². The van der Waals surface area contributed by atoms with Gasteiger partial charge in [-0.05, 0) is 31.5 Å². The van der Waals surface area contributed by atoms with Crippen LogP contribution < -0.4 is 5.14 Å². The molecule has 1 aromatic rings. The predicted molar refractivity (Wildman–Crippen MR) is 52.2 cm³/mol. The Hall–Kier alpha value is -0.780. The van der Waals surface area contributed by atoms with Gasteiger partial charge in [-0.15, -0.1) is 0 Å². The third kappa shape index (κ3) is 2.37. The highest BCUT2D eigenvalue weighted by Crippen LogP contribution is 2.22. The Bertz CT molecular complexity index is 374. The van der Waals surface area contributed by atoms with Crippen molar-refractivity contribution in [3.63, 3.8) is 0 Å². The van der Waals surface area contributed by atoms with E-state index in [9.17, 15) is 13.7 Å². The molecule has 1 rings (SSSR count). The predicted octanol–water partition coefficient (Wildman–Crippen LogP) is 1.03. The average Bonchev–Trinajstić information content (AvgIpc) is 2.02. The molecule has 0 bridgehead atoms. The minimum Gasteiger partial charge on any atom is -0.386 e. The van der Waals surface area contributed by atoms with E-state index < -0.39 is 22.4 Å². The second-order valence-corrected chi connectivity index (χ2v) is 4.54. The summed E-state index contributed by atoms with van der Waals surface area (Å²) >= 11 is 0. The molecule has 0 aliphatic heterocycles. The van der Waals surface area contributed by atoms with Gasteiger partial charge in [-0.25, -0.2) is 13.7 Å². The van der Waals surface area contributed by atoms with Crippen LogP contribution in [0.1, 0.15) is 19.4 Å². The first-order valence-corrected chi connectivity index (χ1v) is 5.22. The molecule has 0 aromatic heterocycles. The van der Waals surface area contributed by atoms with Gasteiger partial charge < -0.3 is 5.11 Å². The number of nitrogens with two attached hydrogens (primary N) is 1. The molecule has 78 valence electrons. The van der Waals surface area contributed by atoms with E-state index in [1.165, 1.54) is 12.1 Å². The van der Waals surface area contributed by atoms with Gasteiger partial charge in [-0.3, -0.25) is 0 Å². The van der Waals surface area contributed by atoms with E-state index in [1.54, 1.807) is 13.8 Å². The number of hydrogen-bond acceptors (Lipinski definition) is 2. The molecule has 0 heterocycles. The first-order valence-electron chi connectivity index (χ1n) is 4.01. The Morgan fingerprint density at radius 3 is 2.50 bits per heavy atom. The van der Waals surface area contributed by atoms with Crippen LogP contribution in [0.2, 0.25) is 0 Å². The molecular weight excluding hydrogens is 205 g/mol. The van der Waals surface area contributed by atoms with Crippen molar-refractivity contribution >= 4 is 11.0 Å². The van der Waals surface area contributed by atoms with E-state index in [4.69, 9.17) is 5.14 Å². The van der Waals surface area contributed by atoms with Gasteiger partial charge >= 0.3 is 0 Å². The maximum absolute atomic E-state index is 13.1. The number of hydrogen-bond donors (Lipinski definition) is 2. The molecule has 1 atom stereocenters. The van der Waals surface area contributed by atoms with Crippen molar-refractivity contribution in [2.24, 2.45) is 5.14 Å². The van der Waals surface area contributed by atoms with Crippen LogP contribution in [0.5, 0.6) is 0 Å². The van der Waals surface area contributed by atoms with Crippen molar-refractivity contribution in [2.45, 2.75) is 24.3 Å². The van der Waals surface area contributed by atoms with Gasteiger partial charge in [0.05, 0.1) is 10.5 Å². The highest BCUT2D eigenvalue weighted by molar-refractivity contribution is 7.82. The minimum absolute atomic E-state index is 0.0929. The minimum atomic E-state index is -1.87. The quantitative estimate of drug-likeness (QED) is 0.777. The summed E-state index contributed by atoms with van der Waals surface area (Å²) in [7, 11) is -1.87. The monoisotopic (exact) mass is 217 g/mol. The zero-order valence-corrected chi connectivity index (χ0v) is 8.77. The van der Waals surface area contributed by atoms with Crippen LogP contribution in [-0.2, 0) is 16.6 Å². The maximum atomic E-state index is 13.1. The molecule has 1 unspecified atom stereocenters. The van der Waals surface area contributed by atoms with Crippen molar-refractivity contribution in [3.05, 3.63) is 29.6 Å². The van der Waals surface area contributed by atoms with Crippen LogP contribution in [0.25, 0.3) is 0 Å². The molecule has 3 nitrogen and oxygen atoms in total. The van der Waals surface area contributed by atoms with Crippen molar-refractivity contribution in [2.75, 3.05) is 0 Å². The molecule has 5 heteroatoms.